The lowest BCUT2D eigenvalue weighted by Crippen LogP contribution is -2.65. The summed E-state index contributed by atoms with van der Waals surface area (Å²) < 4.78 is 22.6. The van der Waals surface area contributed by atoms with Crippen molar-refractivity contribution in [3.63, 3.8) is 0 Å². The zero-order chi connectivity index (χ0) is 41.1. The molecule has 0 aromatic rings. The van der Waals surface area contributed by atoms with Crippen molar-refractivity contribution in [3.05, 3.63) is 24.3 Å². The summed E-state index contributed by atoms with van der Waals surface area (Å²) in [6.45, 7) is 2.66. The van der Waals surface area contributed by atoms with Gasteiger partial charge < -0.3 is 65.1 Å². The molecule has 0 aliphatic carbocycles. The van der Waals surface area contributed by atoms with Gasteiger partial charge in [-0.05, 0) is 38.5 Å². The quantitative estimate of drug-likeness (QED) is 0.0362. The van der Waals surface area contributed by atoms with Crippen LogP contribution in [0, 0.1) is 0 Å². The lowest BCUT2D eigenvalue weighted by molar-refractivity contribution is -0.359. The highest BCUT2D eigenvalue weighted by Crippen LogP contribution is 2.30. The molecule has 2 rings (SSSR count). The minimum atomic E-state index is -1.78. The zero-order valence-corrected chi connectivity index (χ0v) is 34.1. The van der Waals surface area contributed by atoms with Crippen molar-refractivity contribution in [3.8, 4) is 0 Å². The number of nitrogens with one attached hydrogen (secondary N) is 1. The van der Waals surface area contributed by atoms with E-state index in [0.29, 0.717) is 6.42 Å². The summed E-state index contributed by atoms with van der Waals surface area (Å²) in [7, 11) is 0. The van der Waals surface area contributed by atoms with Gasteiger partial charge in [0.25, 0.3) is 0 Å². The van der Waals surface area contributed by atoms with Crippen LogP contribution in [-0.4, -0.2) is 140 Å². The van der Waals surface area contributed by atoms with Crippen LogP contribution in [0.5, 0.6) is 0 Å². The number of amides is 1. The lowest BCUT2D eigenvalue weighted by Gasteiger charge is -2.46. The highest BCUT2D eigenvalue weighted by atomic mass is 16.7. The minimum absolute atomic E-state index is 0.255. The zero-order valence-electron chi connectivity index (χ0n) is 34.1. The van der Waals surface area contributed by atoms with Gasteiger partial charge in [-0.1, -0.05) is 122 Å². The van der Waals surface area contributed by atoms with E-state index >= 15 is 0 Å². The van der Waals surface area contributed by atoms with Crippen molar-refractivity contribution in [1.82, 2.24) is 5.32 Å². The first kappa shape index (κ1) is 50.6. The minimum Gasteiger partial charge on any atom is -0.394 e. The molecule has 56 heavy (non-hydrogen) atoms. The van der Waals surface area contributed by atoms with Gasteiger partial charge >= 0.3 is 0 Å². The first-order valence-corrected chi connectivity index (χ1v) is 21.6. The molecule has 2 saturated heterocycles. The Labute approximate surface area is 335 Å². The van der Waals surface area contributed by atoms with E-state index in [1.807, 2.05) is 6.08 Å². The third-order valence-corrected chi connectivity index (χ3v) is 10.6. The fourth-order valence-electron chi connectivity index (χ4n) is 7.00. The fraction of sp³-hybridized carbons (Fsp3) is 0.881. The van der Waals surface area contributed by atoms with Crippen molar-refractivity contribution < 1.29 is 64.6 Å². The number of unbranched alkanes of at least 4 members (excludes halogenated alkanes) is 16. The van der Waals surface area contributed by atoms with Gasteiger partial charge in [0.05, 0.1) is 32.0 Å². The summed E-state index contributed by atoms with van der Waals surface area (Å²) in [4.78, 5) is 13.0. The number of ether oxygens (including phenoxy) is 4. The maximum atomic E-state index is 13.0. The van der Waals surface area contributed by atoms with Crippen LogP contribution in [0.4, 0.5) is 0 Å². The molecule has 14 nitrogen and oxygen atoms in total. The number of allylic oxidation sites excluding steroid dienone is 3. The Hall–Kier alpha value is -1.53. The molecule has 12 atom stereocenters. The molecular weight excluding hydrogens is 726 g/mol. The fourth-order valence-corrected chi connectivity index (χ4v) is 7.00. The van der Waals surface area contributed by atoms with Gasteiger partial charge in [0.15, 0.2) is 12.6 Å². The average molecular weight is 804 g/mol. The smallest absolute Gasteiger partial charge is 0.220 e. The lowest BCUT2D eigenvalue weighted by atomic mass is 9.97. The molecule has 14 heteroatoms. The maximum absolute atomic E-state index is 13.0. The Morgan fingerprint density at radius 2 is 1.16 bits per heavy atom. The van der Waals surface area contributed by atoms with E-state index in [-0.39, 0.29) is 18.9 Å². The number of aliphatic hydroxyl groups excluding tert-OH is 8. The standard InChI is InChI=1S/C42H77NO13/c1-3-5-7-9-11-13-15-16-17-19-21-23-25-31(46)30(43-34(47)26-24-22-20-18-14-12-10-8-6-4-2)29-53-41-39(52)37(50)40(33(28-45)55-41)56-42-38(51)36(49)35(48)32(27-44)54-42/h8,10,23,25,30-33,35-42,44-46,48-52H,3-7,9,11-22,24,26-29H2,1-2H3,(H,43,47)/b10-8-,25-23+. The number of hydrogen-bond donors (Lipinski definition) is 9. The third kappa shape index (κ3) is 19.0. The highest BCUT2D eigenvalue weighted by molar-refractivity contribution is 5.76. The van der Waals surface area contributed by atoms with Gasteiger partial charge in [-0.15, -0.1) is 0 Å². The molecule has 2 aliphatic heterocycles. The highest BCUT2D eigenvalue weighted by Gasteiger charge is 2.50. The maximum Gasteiger partial charge on any atom is 0.220 e. The molecule has 0 radical (unpaired) electrons. The van der Waals surface area contributed by atoms with Gasteiger partial charge in [0.1, 0.15) is 48.8 Å². The Morgan fingerprint density at radius 3 is 1.77 bits per heavy atom. The van der Waals surface area contributed by atoms with Crippen molar-refractivity contribution in [1.29, 1.82) is 0 Å². The third-order valence-electron chi connectivity index (χ3n) is 10.6. The normalized spacial score (nSPS) is 29.6. The van der Waals surface area contributed by atoms with Gasteiger partial charge in [-0.2, -0.15) is 0 Å². The molecule has 2 fully saturated rings. The molecule has 328 valence electrons. The van der Waals surface area contributed by atoms with Gasteiger partial charge in [0.2, 0.25) is 5.91 Å². The Bertz CT molecular complexity index is 1050. The first-order valence-electron chi connectivity index (χ1n) is 21.6. The van der Waals surface area contributed by atoms with Crippen molar-refractivity contribution in [2.75, 3.05) is 19.8 Å². The second-order valence-corrected chi connectivity index (χ2v) is 15.5. The molecular formula is C42H77NO13. The topological polar surface area (TPSA) is 228 Å². The average Bonchev–Trinajstić information content (AvgIpc) is 3.19. The predicted molar refractivity (Wildman–Crippen MR) is 212 cm³/mol. The molecule has 0 spiro atoms. The van der Waals surface area contributed by atoms with Gasteiger partial charge in [-0.25, -0.2) is 0 Å². The second-order valence-electron chi connectivity index (χ2n) is 15.5. The number of rotatable bonds is 31. The van der Waals surface area contributed by atoms with E-state index in [1.165, 1.54) is 51.4 Å². The Kier molecular flexibility index (Phi) is 27.6. The molecule has 0 aromatic carbocycles. The van der Waals surface area contributed by atoms with Crippen LogP contribution in [0.2, 0.25) is 0 Å². The molecule has 0 aromatic heterocycles. The SMILES string of the molecule is CCC/C=C\CCCCCCCC(=O)NC(COC1OC(CO)C(OC2OC(CO)C(O)C(O)C2O)C(O)C1O)C(O)/C=C/CCCCCCCCCCCC. The van der Waals surface area contributed by atoms with Crippen LogP contribution in [0.15, 0.2) is 24.3 Å². The van der Waals surface area contributed by atoms with Gasteiger partial charge in [0, 0.05) is 6.42 Å². The summed E-state index contributed by atoms with van der Waals surface area (Å²) in [5.74, 6) is -0.255. The van der Waals surface area contributed by atoms with Crippen LogP contribution in [0.3, 0.4) is 0 Å². The summed E-state index contributed by atoms with van der Waals surface area (Å²) in [6.07, 6.45) is 12.4. The van der Waals surface area contributed by atoms with Crippen molar-refractivity contribution >= 4 is 5.91 Å². The summed E-state index contributed by atoms with van der Waals surface area (Å²) in [5.41, 5.74) is 0. The van der Waals surface area contributed by atoms with Crippen LogP contribution in [0.1, 0.15) is 142 Å². The largest absolute Gasteiger partial charge is 0.394 e. The van der Waals surface area contributed by atoms with E-state index in [9.17, 15) is 45.6 Å². The molecule has 9 N–H and O–H groups in total. The predicted octanol–water partition coefficient (Wildman–Crippen LogP) is 3.43. The molecule has 12 unspecified atom stereocenters. The number of carbonyl (C=O) groups excluding carboxylic acids is 1. The Balaban J connectivity index is 1.94. The van der Waals surface area contributed by atoms with Crippen LogP contribution in [-0.2, 0) is 23.7 Å². The Morgan fingerprint density at radius 1 is 0.625 bits per heavy atom. The van der Waals surface area contributed by atoms with Crippen LogP contribution in [0.25, 0.3) is 0 Å². The summed E-state index contributed by atoms with van der Waals surface area (Å²) in [5, 5.41) is 86.2. The van der Waals surface area contributed by atoms with Crippen LogP contribution >= 0.6 is 0 Å². The number of carbonyl (C=O) groups is 1. The van der Waals surface area contributed by atoms with Crippen molar-refractivity contribution in [2.24, 2.45) is 0 Å². The second kappa shape index (κ2) is 30.5. The van der Waals surface area contributed by atoms with E-state index in [2.05, 4.69) is 31.3 Å². The summed E-state index contributed by atoms with van der Waals surface area (Å²) >= 11 is 0. The van der Waals surface area contributed by atoms with E-state index < -0.39 is 86.8 Å². The van der Waals surface area contributed by atoms with Crippen molar-refractivity contribution in [2.45, 2.75) is 216 Å². The van der Waals surface area contributed by atoms with E-state index in [1.54, 1.807) is 6.08 Å². The molecule has 2 aliphatic rings. The number of hydrogen-bond acceptors (Lipinski definition) is 13. The van der Waals surface area contributed by atoms with Gasteiger partial charge in [-0.3, -0.25) is 4.79 Å². The van der Waals surface area contributed by atoms with E-state index in [0.717, 1.165) is 64.2 Å². The van der Waals surface area contributed by atoms with E-state index in [4.69, 9.17) is 18.9 Å². The summed E-state index contributed by atoms with van der Waals surface area (Å²) in [6, 6.07) is -0.912. The number of aliphatic hydroxyl groups is 8. The monoisotopic (exact) mass is 804 g/mol. The molecule has 1 amide bonds. The molecule has 2 heterocycles. The van der Waals surface area contributed by atoms with Crippen LogP contribution < -0.4 is 5.32 Å². The molecule has 0 saturated carbocycles. The molecule has 0 bridgehead atoms. The first-order chi connectivity index (χ1) is 27.1.